The molecular weight excluding hydrogens is 303 g/mol. The van der Waals surface area contributed by atoms with E-state index in [9.17, 15) is 0 Å². The predicted octanol–water partition coefficient (Wildman–Crippen LogP) is 4.37. The van der Waals surface area contributed by atoms with Crippen molar-refractivity contribution in [2.75, 3.05) is 26.2 Å². The molecule has 2 rings (SSSR count). The van der Waals surface area contributed by atoms with Crippen molar-refractivity contribution in [3.05, 3.63) is 46.1 Å². The Bertz CT molecular complexity index is 480. The molecule has 0 aliphatic carbocycles. The zero-order chi connectivity index (χ0) is 15.2. The fourth-order valence-electron chi connectivity index (χ4n) is 2.84. The molecule has 1 aliphatic heterocycles. The molecule has 0 unspecified atom stereocenters. The van der Waals surface area contributed by atoms with E-state index >= 15 is 0 Å². The highest BCUT2D eigenvalue weighted by Crippen LogP contribution is 2.26. The largest absolute Gasteiger partial charge is 0.388 e. The van der Waals surface area contributed by atoms with Crippen LogP contribution in [0.5, 0.6) is 0 Å². The van der Waals surface area contributed by atoms with Crippen molar-refractivity contribution in [3.63, 3.8) is 0 Å². The minimum absolute atomic E-state index is 0.639. The molecule has 0 amide bonds. The average Bonchev–Trinajstić information content (AvgIpc) is 2.44. The highest BCUT2D eigenvalue weighted by Gasteiger charge is 2.19. The van der Waals surface area contributed by atoms with Crippen molar-refractivity contribution in [1.29, 1.82) is 0 Å². The van der Waals surface area contributed by atoms with Gasteiger partial charge in [-0.05, 0) is 62.9 Å². The second-order valence-electron chi connectivity index (χ2n) is 5.94. The normalized spacial score (nSPS) is 16.9. The third-order valence-corrected chi connectivity index (χ3v) is 4.81. The third-order valence-electron chi connectivity index (χ3n) is 4.07. The molecule has 0 bridgehead atoms. The molecule has 0 radical (unpaired) electrons. The smallest absolute Gasteiger partial charge is 0.0595 e. The second-order valence-corrected chi connectivity index (χ2v) is 6.76. The summed E-state index contributed by atoms with van der Waals surface area (Å²) in [6, 6.07) is 6.00. The summed E-state index contributed by atoms with van der Waals surface area (Å²) in [4.78, 5) is 2.53. The van der Waals surface area contributed by atoms with Gasteiger partial charge in [0.1, 0.15) is 0 Å². The lowest BCUT2D eigenvalue weighted by Gasteiger charge is -2.32. The van der Waals surface area contributed by atoms with E-state index in [0.717, 1.165) is 31.1 Å². The second kappa shape index (κ2) is 8.07. The summed E-state index contributed by atoms with van der Waals surface area (Å²) in [5, 5.41) is 4.60. The van der Waals surface area contributed by atoms with Gasteiger partial charge in [0, 0.05) is 18.8 Å². The zero-order valence-corrected chi connectivity index (χ0v) is 14.2. The van der Waals surface area contributed by atoms with Crippen LogP contribution >= 0.6 is 23.2 Å². The number of hydrogen-bond acceptors (Lipinski definition) is 2. The number of benzene rings is 1. The summed E-state index contributed by atoms with van der Waals surface area (Å²) in [6.07, 6.45) is 3.62. The van der Waals surface area contributed by atoms with Crippen LogP contribution in [0, 0.1) is 5.92 Å². The highest BCUT2D eigenvalue weighted by molar-refractivity contribution is 6.42. The van der Waals surface area contributed by atoms with Crippen LogP contribution in [0.4, 0.5) is 0 Å². The van der Waals surface area contributed by atoms with Gasteiger partial charge in [-0.1, -0.05) is 35.8 Å². The zero-order valence-electron chi connectivity index (χ0n) is 12.7. The first-order valence-corrected chi connectivity index (χ1v) is 8.36. The van der Waals surface area contributed by atoms with E-state index in [1.807, 2.05) is 19.1 Å². The lowest BCUT2D eigenvalue weighted by atomic mass is 9.90. The number of allylic oxidation sites excluding steroid dienone is 1. The number of hydrogen-bond donors (Lipinski definition) is 1. The van der Waals surface area contributed by atoms with E-state index in [2.05, 4.69) is 22.9 Å². The fourth-order valence-corrected chi connectivity index (χ4v) is 3.16. The average molecular weight is 327 g/mol. The van der Waals surface area contributed by atoms with Gasteiger partial charge in [-0.2, -0.15) is 0 Å². The summed E-state index contributed by atoms with van der Waals surface area (Å²) in [6.45, 7) is 10.3. The molecule has 0 spiro atoms. The van der Waals surface area contributed by atoms with E-state index in [-0.39, 0.29) is 0 Å². The Morgan fingerprint density at radius 2 is 2.00 bits per heavy atom. The molecule has 1 aliphatic rings. The van der Waals surface area contributed by atoms with Crippen LogP contribution in [0.25, 0.3) is 0 Å². The fraction of sp³-hybridized carbons (Fsp3) is 0.529. The summed E-state index contributed by atoms with van der Waals surface area (Å²) in [5.74, 6) is 0.757. The van der Waals surface area contributed by atoms with Gasteiger partial charge in [-0.25, -0.2) is 0 Å². The van der Waals surface area contributed by atoms with Crippen LogP contribution in [0.3, 0.4) is 0 Å². The number of nitrogens with one attached hydrogen (secondary N) is 1. The minimum atomic E-state index is 0.639. The molecule has 1 N–H and O–H groups in total. The number of nitrogens with zero attached hydrogens (tertiary/aromatic N) is 1. The maximum Gasteiger partial charge on any atom is 0.0595 e. The molecule has 2 nitrogen and oxygen atoms in total. The molecule has 1 heterocycles. The summed E-state index contributed by atoms with van der Waals surface area (Å²) in [5.41, 5.74) is 2.34. The molecule has 0 saturated carbocycles. The third kappa shape index (κ3) is 5.54. The van der Waals surface area contributed by atoms with Gasteiger partial charge in [-0.15, -0.1) is 0 Å². The predicted molar refractivity (Wildman–Crippen MR) is 92.1 cm³/mol. The lowest BCUT2D eigenvalue weighted by Crippen LogP contribution is -2.38. The van der Waals surface area contributed by atoms with Gasteiger partial charge < -0.3 is 10.2 Å². The van der Waals surface area contributed by atoms with Crippen molar-refractivity contribution < 1.29 is 0 Å². The van der Waals surface area contributed by atoms with Crippen LogP contribution in [0.2, 0.25) is 10.0 Å². The van der Waals surface area contributed by atoms with Gasteiger partial charge >= 0.3 is 0 Å². The number of piperidine rings is 1. The summed E-state index contributed by atoms with van der Waals surface area (Å²) >= 11 is 12.0. The Labute approximate surface area is 138 Å². The summed E-state index contributed by atoms with van der Waals surface area (Å²) < 4.78 is 0. The quantitative estimate of drug-likeness (QED) is 0.834. The Morgan fingerprint density at radius 1 is 1.29 bits per heavy atom. The molecule has 1 aromatic carbocycles. The maximum absolute atomic E-state index is 6.08. The van der Waals surface area contributed by atoms with Crippen LogP contribution in [0.1, 0.15) is 25.3 Å². The van der Waals surface area contributed by atoms with Crippen LogP contribution < -0.4 is 5.32 Å². The topological polar surface area (TPSA) is 15.3 Å². The number of halogens is 2. The minimum Gasteiger partial charge on any atom is -0.388 e. The molecule has 1 saturated heterocycles. The molecular formula is C17H24Cl2N2. The van der Waals surface area contributed by atoms with Gasteiger partial charge in [0.15, 0.2) is 0 Å². The van der Waals surface area contributed by atoms with Crippen LogP contribution in [0.15, 0.2) is 30.5 Å². The Balaban J connectivity index is 1.73. The first-order chi connectivity index (χ1) is 10.0. The first-order valence-electron chi connectivity index (χ1n) is 7.60. The Hall–Kier alpha value is -0.700. The monoisotopic (exact) mass is 326 g/mol. The van der Waals surface area contributed by atoms with Crippen LogP contribution in [-0.2, 0) is 6.42 Å². The van der Waals surface area contributed by atoms with E-state index in [1.165, 1.54) is 31.5 Å². The van der Waals surface area contributed by atoms with E-state index in [1.54, 1.807) is 0 Å². The van der Waals surface area contributed by atoms with Crippen molar-refractivity contribution >= 4 is 23.2 Å². The maximum atomic E-state index is 6.08. The standard InChI is InChI=1S/C17H24Cl2N2/c1-13(2)20-7-10-21-8-5-14(6-9-21)11-15-3-4-16(18)17(19)12-15/h3-4,12,14,20H,1,5-11H2,2H3. The molecule has 1 aromatic rings. The summed E-state index contributed by atoms with van der Waals surface area (Å²) in [7, 11) is 0. The van der Waals surface area contributed by atoms with Crippen molar-refractivity contribution in [3.8, 4) is 0 Å². The van der Waals surface area contributed by atoms with E-state index < -0.39 is 0 Å². The Kier molecular flexibility index (Phi) is 6.40. The van der Waals surface area contributed by atoms with Crippen molar-refractivity contribution in [2.45, 2.75) is 26.2 Å². The van der Waals surface area contributed by atoms with E-state index in [4.69, 9.17) is 23.2 Å². The SMILES string of the molecule is C=C(C)NCCN1CCC(Cc2ccc(Cl)c(Cl)c2)CC1. The molecule has 21 heavy (non-hydrogen) atoms. The Morgan fingerprint density at radius 3 is 2.62 bits per heavy atom. The van der Waals surface area contributed by atoms with Gasteiger partial charge in [0.2, 0.25) is 0 Å². The highest BCUT2D eigenvalue weighted by atomic mass is 35.5. The van der Waals surface area contributed by atoms with Crippen molar-refractivity contribution in [2.24, 2.45) is 5.92 Å². The number of likely N-dealkylation sites (tertiary alicyclic amines) is 1. The van der Waals surface area contributed by atoms with E-state index in [0.29, 0.717) is 10.0 Å². The van der Waals surface area contributed by atoms with Gasteiger partial charge in [-0.3, -0.25) is 0 Å². The van der Waals surface area contributed by atoms with Crippen molar-refractivity contribution in [1.82, 2.24) is 10.2 Å². The molecule has 116 valence electrons. The molecule has 0 aromatic heterocycles. The molecule has 0 atom stereocenters. The first kappa shape index (κ1) is 16.7. The number of rotatable bonds is 6. The van der Waals surface area contributed by atoms with Gasteiger partial charge in [0.05, 0.1) is 10.0 Å². The molecule has 4 heteroatoms. The van der Waals surface area contributed by atoms with Gasteiger partial charge in [0.25, 0.3) is 0 Å². The van der Waals surface area contributed by atoms with Crippen LogP contribution in [-0.4, -0.2) is 31.1 Å². The molecule has 1 fully saturated rings. The lowest BCUT2D eigenvalue weighted by molar-refractivity contribution is 0.186.